The van der Waals surface area contributed by atoms with Crippen LogP contribution in [0, 0.1) is 13.8 Å². The number of halogens is 3. The number of nitrogens with one attached hydrogen (secondary N) is 1. The minimum Gasteiger partial charge on any atom is -0.347 e. The van der Waals surface area contributed by atoms with E-state index in [2.05, 4.69) is 15.4 Å². The first-order valence-corrected chi connectivity index (χ1v) is 12.6. The van der Waals surface area contributed by atoms with Gasteiger partial charge in [0.05, 0.1) is 23.1 Å². The molecule has 8 nitrogen and oxygen atoms in total. The molecule has 4 aromatic rings. The molecule has 0 unspecified atom stereocenters. The van der Waals surface area contributed by atoms with E-state index in [0.29, 0.717) is 25.1 Å². The summed E-state index contributed by atoms with van der Waals surface area (Å²) in [6.07, 6.45) is -2.63. The number of piperidine rings is 1. The van der Waals surface area contributed by atoms with Crippen LogP contribution in [0.15, 0.2) is 48.8 Å². The van der Waals surface area contributed by atoms with Crippen LogP contribution in [0.3, 0.4) is 0 Å². The summed E-state index contributed by atoms with van der Waals surface area (Å²) in [5.74, 6) is -1.31. The molecule has 2 atom stereocenters. The van der Waals surface area contributed by atoms with Crippen LogP contribution in [-0.2, 0) is 20.3 Å². The summed E-state index contributed by atoms with van der Waals surface area (Å²) in [4.78, 5) is 33.0. The lowest BCUT2D eigenvalue weighted by molar-refractivity contribution is -0.138. The third-order valence-corrected chi connectivity index (χ3v) is 7.43. The fraction of sp³-hybridized carbons (Fsp3) is 0.357. The SMILES string of the molecule is Cc1nn(C)c(C(=O)N[C@@H]2CCN(C(=O)c3cc(C)c4ncn(C)c4c3)C[C@@H]2c2ccccc2)c1C(F)(F)F. The Bertz CT molecular complexity index is 1560. The van der Waals surface area contributed by atoms with Crippen molar-refractivity contribution in [3.8, 4) is 0 Å². The normalized spacial score (nSPS) is 18.0. The molecular formula is C28H29F3N6O2. The van der Waals surface area contributed by atoms with E-state index in [1.807, 2.05) is 61.0 Å². The van der Waals surface area contributed by atoms with Gasteiger partial charge in [0.2, 0.25) is 0 Å². The summed E-state index contributed by atoms with van der Waals surface area (Å²) in [6, 6.07) is 12.6. The Balaban J connectivity index is 1.43. The van der Waals surface area contributed by atoms with Gasteiger partial charge < -0.3 is 14.8 Å². The highest BCUT2D eigenvalue weighted by Crippen LogP contribution is 2.35. The van der Waals surface area contributed by atoms with E-state index in [1.165, 1.54) is 14.0 Å². The van der Waals surface area contributed by atoms with Gasteiger partial charge in [0.15, 0.2) is 0 Å². The Hall–Kier alpha value is -4.15. The highest BCUT2D eigenvalue weighted by Gasteiger charge is 2.42. The van der Waals surface area contributed by atoms with E-state index in [-0.39, 0.29) is 17.5 Å². The second kappa shape index (κ2) is 9.87. The van der Waals surface area contributed by atoms with Crippen LogP contribution in [0.5, 0.6) is 0 Å². The number of rotatable bonds is 4. The molecule has 2 amide bonds. The summed E-state index contributed by atoms with van der Waals surface area (Å²) in [5.41, 5.74) is 2.20. The zero-order valence-electron chi connectivity index (χ0n) is 22.1. The van der Waals surface area contributed by atoms with Crippen molar-refractivity contribution in [2.75, 3.05) is 13.1 Å². The van der Waals surface area contributed by atoms with Crippen LogP contribution in [0.25, 0.3) is 11.0 Å². The van der Waals surface area contributed by atoms with E-state index < -0.39 is 29.4 Å². The lowest BCUT2D eigenvalue weighted by Crippen LogP contribution is -2.51. The highest BCUT2D eigenvalue weighted by molar-refractivity contribution is 5.98. The molecule has 1 fully saturated rings. The number of aryl methyl sites for hydroxylation is 4. The zero-order valence-corrected chi connectivity index (χ0v) is 22.1. The van der Waals surface area contributed by atoms with Crippen molar-refractivity contribution >= 4 is 22.8 Å². The first-order valence-electron chi connectivity index (χ1n) is 12.6. The average molecular weight is 539 g/mol. The Labute approximate surface area is 223 Å². The molecule has 11 heteroatoms. The number of aromatic nitrogens is 4. The molecule has 3 heterocycles. The lowest BCUT2D eigenvalue weighted by atomic mass is 9.85. The number of hydrogen-bond acceptors (Lipinski definition) is 4. The molecule has 2 aromatic carbocycles. The predicted octanol–water partition coefficient (Wildman–Crippen LogP) is 4.37. The Morgan fingerprint density at radius 2 is 1.79 bits per heavy atom. The molecule has 5 rings (SSSR count). The van der Waals surface area contributed by atoms with Gasteiger partial charge >= 0.3 is 6.18 Å². The number of benzene rings is 2. The zero-order chi connectivity index (χ0) is 28.1. The largest absolute Gasteiger partial charge is 0.420 e. The second-order valence-electron chi connectivity index (χ2n) is 10.1. The van der Waals surface area contributed by atoms with Crippen molar-refractivity contribution in [2.45, 2.75) is 38.4 Å². The number of amides is 2. The van der Waals surface area contributed by atoms with Crippen LogP contribution in [-0.4, -0.2) is 55.2 Å². The molecule has 1 N–H and O–H groups in total. The first kappa shape index (κ1) is 26.5. The van der Waals surface area contributed by atoms with Crippen molar-refractivity contribution in [3.05, 3.63) is 82.4 Å². The van der Waals surface area contributed by atoms with Gasteiger partial charge in [-0.15, -0.1) is 0 Å². The fourth-order valence-corrected chi connectivity index (χ4v) is 5.55. The molecule has 0 aliphatic carbocycles. The van der Waals surface area contributed by atoms with E-state index in [0.717, 1.165) is 26.8 Å². The third-order valence-electron chi connectivity index (χ3n) is 7.43. The fourth-order valence-electron chi connectivity index (χ4n) is 5.55. The molecule has 39 heavy (non-hydrogen) atoms. The topological polar surface area (TPSA) is 85.1 Å². The summed E-state index contributed by atoms with van der Waals surface area (Å²) in [7, 11) is 3.20. The summed E-state index contributed by atoms with van der Waals surface area (Å²) < 4.78 is 44.1. The monoisotopic (exact) mass is 538 g/mol. The van der Waals surface area contributed by atoms with Crippen LogP contribution in [0.4, 0.5) is 13.2 Å². The van der Waals surface area contributed by atoms with Crippen LogP contribution in [0.2, 0.25) is 0 Å². The minimum absolute atomic E-state index is 0.145. The highest BCUT2D eigenvalue weighted by atomic mass is 19.4. The standard InChI is InChI=1S/C28H29F3N6O2/c1-16-12-19(13-22-24(16)32-15-35(22)3)27(39)37-11-10-21(20(14-37)18-8-6-5-7-9-18)33-26(38)25-23(28(29,30)31)17(2)34-36(25)4/h5-9,12-13,15,20-21H,10-11,14H2,1-4H3,(H,33,38)/t20-,21-/m1/s1. The van der Waals surface area contributed by atoms with Gasteiger partial charge in [0.1, 0.15) is 11.3 Å². The van der Waals surface area contributed by atoms with Gasteiger partial charge in [-0.25, -0.2) is 4.98 Å². The maximum absolute atomic E-state index is 13.8. The molecule has 1 aliphatic heterocycles. The van der Waals surface area contributed by atoms with E-state index in [1.54, 1.807) is 11.2 Å². The second-order valence-corrected chi connectivity index (χ2v) is 10.1. The van der Waals surface area contributed by atoms with Crippen molar-refractivity contribution in [3.63, 3.8) is 0 Å². The summed E-state index contributed by atoms with van der Waals surface area (Å²) >= 11 is 0. The molecule has 1 saturated heterocycles. The Morgan fingerprint density at radius 3 is 2.49 bits per heavy atom. The summed E-state index contributed by atoms with van der Waals surface area (Å²) in [6.45, 7) is 3.79. The van der Waals surface area contributed by atoms with Crippen LogP contribution in [0.1, 0.15) is 55.6 Å². The van der Waals surface area contributed by atoms with Crippen molar-refractivity contribution < 1.29 is 22.8 Å². The number of hydrogen-bond donors (Lipinski definition) is 1. The van der Waals surface area contributed by atoms with Crippen molar-refractivity contribution in [2.24, 2.45) is 14.1 Å². The predicted molar refractivity (Wildman–Crippen MR) is 139 cm³/mol. The van der Waals surface area contributed by atoms with Crippen LogP contribution < -0.4 is 5.32 Å². The molecule has 204 valence electrons. The molecule has 0 bridgehead atoms. The van der Waals surface area contributed by atoms with E-state index >= 15 is 0 Å². The molecule has 0 radical (unpaired) electrons. The molecule has 1 aliphatic rings. The number of nitrogens with zero attached hydrogens (tertiary/aromatic N) is 5. The van der Waals surface area contributed by atoms with Gasteiger partial charge in [0.25, 0.3) is 11.8 Å². The number of likely N-dealkylation sites (tertiary alicyclic amines) is 1. The average Bonchev–Trinajstić information content (AvgIpc) is 3.42. The van der Waals surface area contributed by atoms with E-state index in [9.17, 15) is 22.8 Å². The number of carbonyl (C=O) groups is 2. The maximum Gasteiger partial charge on any atom is 0.420 e. The van der Waals surface area contributed by atoms with Gasteiger partial charge in [-0.3, -0.25) is 14.3 Å². The molecule has 0 saturated carbocycles. The van der Waals surface area contributed by atoms with E-state index in [4.69, 9.17) is 0 Å². The quantitative estimate of drug-likeness (QED) is 0.418. The Kier molecular flexibility index (Phi) is 6.69. The maximum atomic E-state index is 13.8. The number of imidazole rings is 1. The minimum atomic E-state index is -4.72. The number of alkyl halides is 3. The van der Waals surface area contributed by atoms with Gasteiger partial charge in [-0.2, -0.15) is 18.3 Å². The lowest BCUT2D eigenvalue weighted by Gasteiger charge is -2.39. The summed E-state index contributed by atoms with van der Waals surface area (Å²) in [5, 5.41) is 6.68. The van der Waals surface area contributed by atoms with Gasteiger partial charge in [-0.05, 0) is 43.5 Å². The first-order chi connectivity index (χ1) is 18.5. The number of carbonyl (C=O) groups excluding carboxylic acids is 2. The van der Waals surface area contributed by atoms with Crippen LogP contribution >= 0.6 is 0 Å². The molecular weight excluding hydrogens is 509 g/mol. The molecule has 2 aromatic heterocycles. The molecule has 0 spiro atoms. The van der Waals surface area contributed by atoms with Crippen molar-refractivity contribution in [1.29, 1.82) is 0 Å². The van der Waals surface area contributed by atoms with Crippen molar-refractivity contribution in [1.82, 2.24) is 29.5 Å². The number of fused-ring (bicyclic) bond motifs is 1. The Morgan fingerprint density at radius 1 is 1.08 bits per heavy atom. The smallest absolute Gasteiger partial charge is 0.347 e. The van der Waals surface area contributed by atoms with Gasteiger partial charge in [0, 0.05) is 44.7 Å². The van der Waals surface area contributed by atoms with Gasteiger partial charge in [-0.1, -0.05) is 30.3 Å². The third kappa shape index (κ3) is 4.88.